The normalized spacial score (nSPS) is 10.6. The van der Waals surface area contributed by atoms with E-state index in [1.165, 1.54) is 11.3 Å². The predicted molar refractivity (Wildman–Crippen MR) is 108 cm³/mol. The third-order valence-corrected chi connectivity index (χ3v) is 5.42. The van der Waals surface area contributed by atoms with Crippen LogP contribution in [0.2, 0.25) is 0 Å². The van der Waals surface area contributed by atoms with Gasteiger partial charge in [-0.1, -0.05) is 0 Å². The lowest BCUT2D eigenvalue weighted by atomic mass is 10.1. The number of aromatic nitrogens is 2. The Morgan fingerprint density at radius 3 is 2.57 bits per heavy atom. The van der Waals surface area contributed by atoms with Gasteiger partial charge in [0, 0.05) is 10.4 Å². The number of aryl methyl sites for hydroxylation is 1. The van der Waals surface area contributed by atoms with Gasteiger partial charge in [-0.25, -0.2) is 4.79 Å². The first-order valence-electron chi connectivity index (χ1n) is 8.72. The molecule has 2 N–H and O–H groups in total. The molecule has 0 atom stereocenters. The van der Waals surface area contributed by atoms with Crippen LogP contribution in [0.5, 0.6) is 5.75 Å². The standard InChI is InChI=1S/C20H21N3O4S/c1-5-27-20(25)17-11(2)12(3)28-19(17)21-18(24)16-10-15(22-23-16)13-6-8-14(26-4)9-7-13/h6-10H,5H2,1-4H3,(H,21,24)(H,22,23). The van der Waals surface area contributed by atoms with E-state index in [0.717, 1.165) is 21.8 Å². The fourth-order valence-electron chi connectivity index (χ4n) is 2.68. The van der Waals surface area contributed by atoms with Crippen molar-refractivity contribution in [3.63, 3.8) is 0 Å². The Hall–Kier alpha value is -3.13. The lowest BCUT2D eigenvalue weighted by Crippen LogP contribution is -2.15. The lowest BCUT2D eigenvalue weighted by Gasteiger charge is -2.06. The van der Waals surface area contributed by atoms with E-state index in [-0.39, 0.29) is 12.5 Å². The molecule has 0 saturated heterocycles. The summed E-state index contributed by atoms with van der Waals surface area (Å²) in [5.41, 5.74) is 2.99. The third-order valence-electron chi connectivity index (χ3n) is 4.30. The number of amides is 1. The zero-order chi connectivity index (χ0) is 20.3. The first kappa shape index (κ1) is 19.6. The zero-order valence-electron chi connectivity index (χ0n) is 16.1. The Morgan fingerprint density at radius 1 is 1.21 bits per heavy atom. The van der Waals surface area contributed by atoms with Gasteiger partial charge in [-0.3, -0.25) is 9.89 Å². The number of nitrogens with zero attached hydrogens (tertiary/aromatic N) is 1. The van der Waals surface area contributed by atoms with Gasteiger partial charge in [-0.15, -0.1) is 11.3 Å². The van der Waals surface area contributed by atoms with Gasteiger partial charge < -0.3 is 14.8 Å². The summed E-state index contributed by atoms with van der Waals surface area (Å²) in [5.74, 6) is -0.0746. The molecule has 8 heteroatoms. The van der Waals surface area contributed by atoms with Crippen molar-refractivity contribution in [3.8, 4) is 17.0 Å². The smallest absolute Gasteiger partial charge is 0.341 e. The molecule has 2 heterocycles. The number of benzene rings is 1. The van der Waals surface area contributed by atoms with E-state index in [0.29, 0.717) is 22.0 Å². The van der Waals surface area contributed by atoms with Gasteiger partial charge in [0.15, 0.2) is 0 Å². The summed E-state index contributed by atoms with van der Waals surface area (Å²) in [7, 11) is 1.60. The highest BCUT2D eigenvalue weighted by Crippen LogP contribution is 2.33. The lowest BCUT2D eigenvalue weighted by molar-refractivity contribution is 0.0527. The van der Waals surface area contributed by atoms with Gasteiger partial charge in [0.25, 0.3) is 5.91 Å². The Bertz CT molecular complexity index is 1010. The molecule has 0 saturated carbocycles. The molecule has 3 aromatic rings. The quantitative estimate of drug-likeness (QED) is 0.606. The van der Waals surface area contributed by atoms with Crippen LogP contribution < -0.4 is 10.1 Å². The molecule has 1 amide bonds. The van der Waals surface area contributed by atoms with E-state index in [1.807, 2.05) is 38.1 Å². The molecule has 28 heavy (non-hydrogen) atoms. The molecule has 0 aliphatic rings. The number of aromatic amines is 1. The number of carbonyl (C=O) groups excluding carboxylic acids is 2. The van der Waals surface area contributed by atoms with Crippen LogP contribution >= 0.6 is 11.3 Å². The van der Waals surface area contributed by atoms with Gasteiger partial charge in [0.1, 0.15) is 16.4 Å². The maximum Gasteiger partial charge on any atom is 0.341 e. The average molecular weight is 399 g/mol. The molecule has 0 aliphatic carbocycles. The fourth-order valence-corrected chi connectivity index (χ4v) is 3.73. The van der Waals surface area contributed by atoms with E-state index < -0.39 is 5.97 Å². The Labute approximate surface area is 166 Å². The molecule has 7 nitrogen and oxygen atoms in total. The minimum absolute atomic E-state index is 0.270. The Balaban J connectivity index is 1.82. The molecular formula is C20H21N3O4S. The molecule has 0 radical (unpaired) electrons. The molecule has 0 unspecified atom stereocenters. The number of nitrogens with one attached hydrogen (secondary N) is 2. The highest BCUT2D eigenvalue weighted by Gasteiger charge is 2.23. The van der Waals surface area contributed by atoms with Crippen LogP contribution in [-0.2, 0) is 4.74 Å². The number of methoxy groups -OCH3 is 1. The third kappa shape index (κ3) is 3.91. The van der Waals surface area contributed by atoms with Crippen molar-refractivity contribution in [1.82, 2.24) is 10.2 Å². The number of esters is 1. The summed E-state index contributed by atoms with van der Waals surface area (Å²) in [6.45, 7) is 5.75. The van der Waals surface area contributed by atoms with E-state index >= 15 is 0 Å². The monoisotopic (exact) mass is 399 g/mol. The molecule has 3 rings (SSSR count). The molecule has 0 fully saturated rings. The second-order valence-corrected chi connectivity index (χ2v) is 7.28. The van der Waals surface area contributed by atoms with Gasteiger partial charge in [-0.05, 0) is 56.7 Å². The molecule has 0 spiro atoms. The van der Waals surface area contributed by atoms with E-state index in [4.69, 9.17) is 9.47 Å². The number of anilines is 1. The molecule has 0 aliphatic heterocycles. The number of H-pyrrole nitrogens is 1. The molecule has 0 bridgehead atoms. The number of ether oxygens (including phenoxy) is 2. The predicted octanol–water partition coefficient (Wildman–Crippen LogP) is 4.19. The minimum Gasteiger partial charge on any atom is -0.497 e. The maximum atomic E-state index is 12.7. The van der Waals surface area contributed by atoms with Gasteiger partial charge in [0.05, 0.1) is 25.0 Å². The number of carbonyl (C=O) groups is 2. The first-order valence-corrected chi connectivity index (χ1v) is 9.54. The first-order chi connectivity index (χ1) is 13.4. The van der Waals surface area contributed by atoms with Crippen molar-refractivity contribution in [2.75, 3.05) is 19.0 Å². The fraction of sp³-hybridized carbons (Fsp3) is 0.250. The van der Waals surface area contributed by atoms with Crippen LogP contribution in [0.15, 0.2) is 30.3 Å². The van der Waals surface area contributed by atoms with Crippen LogP contribution in [0.1, 0.15) is 38.2 Å². The van der Waals surface area contributed by atoms with Crippen LogP contribution in [0, 0.1) is 13.8 Å². The van der Waals surface area contributed by atoms with Crippen molar-refractivity contribution in [1.29, 1.82) is 0 Å². The average Bonchev–Trinajstić information content (AvgIpc) is 3.28. The van der Waals surface area contributed by atoms with Crippen molar-refractivity contribution in [3.05, 3.63) is 52.0 Å². The number of hydrogen-bond donors (Lipinski definition) is 2. The van der Waals surface area contributed by atoms with E-state index in [9.17, 15) is 9.59 Å². The minimum atomic E-state index is -0.441. The second-order valence-electron chi connectivity index (χ2n) is 6.06. The number of rotatable bonds is 6. The van der Waals surface area contributed by atoms with Gasteiger partial charge in [0.2, 0.25) is 0 Å². The molecular weight excluding hydrogens is 378 g/mol. The Kier molecular flexibility index (Phi) is 5.79. The number of hydrogen-bond acceptors (Lipinski definition) is 6. The van der Waals surface area contributed by atoms with E-state index in [1.54, 1.807) is 20.1 Å². The van der Waals surface area contributed by atoms with Crippen LogP contribution in [0.4, 0.5) is 5.00 Å². The highest BCUT2D eigenvalue weighted by atomic mass is 32.1. The largest absolute Gasteiger partial charge is 0.497 e. The second kappa shape index (κ2) is 8.26. The molecule has 146 valence electrons. The molecule has 1 aromatic carbocycles. The summed E-state index contributed by atoms with van der Waals surface area (Å²) in [5, 5.41) is 10.2. The summed E-state index contributed by atoms with van der Waals surface area (Å²) in [6.07, 6.45) is 0. The summed E-state index contributed by atoms with van der Waals surface area (Å²) in [6, 6.07) is 9.04. The summed E-state index contributed by atoms with van der Waals surface area (Å²) >= 11 is 1.34. The van der Waals surface area contributed by atoms with E-state index in [2.05, 4.69) is 15.5 Å². The van der Waals surface area contributed by atoms with Gasteiger partial charge >= 0.3 is 5.97 Å². The van der Waals surface area contributed by atoms with Crippen molar-refractivity contribution >= 4 is 28.2 Å². The van der Waals surface area contributed by atoms with Gasteiger partial charge in [-0.2, -0.15) is 5.10 Å². The molecule has 2 aromatic heterocycles. The Morgan fingerprint density at radius 2 is 1.93 bits per heavy atom. The maximum absolute atomic E-state index is 12.7. The summed E-state index contributed by atoms with van der Waals surface area (Å²) in [4.78, 5) is 25.9. The van der Waals surface area contributed by atoms with Crippen LogP contribution in [-0.4, -0.2) is 35.8 Å². The summed E-state index contributed by atoms with van der Waals surface area (Å²) < 4.78 is 10.3. The topological polar surface area (TPSA) is 93.3 Å². The van der Waals surface area contributed by atoms with Crippen molar-refractivity contribution in [2.45, 2.75) is 20.8 Å². The van der Waals surface area contributed by atoms with Crippen molar-refractivity contribution in [2.24, 2.45) is 0 Å². The van der Waals surface area contributed by atoms with Crippen LogP contribution in [0.25, 0.3) is 11.3 Å². The number of thiophene rings is 1. The zero-order valence-corrected chi connectivity index (χ0v) is 16.9. The van der Waals surface area contributed by atoms with Crippen LogP contribution in [0.3, 0.4) is 0 Å². The SMILES string of the molecule is CCOC(=O)c1c(NC(=O)c2cc(-c3ccc(OC)cc3)n[nH]2)sc(C)c1C. The van der Waals surface area contributed by atoms with Crippen molar-refractivity contribution < 1.29 is 19.1 Å². The highest BCUT2D eigenvalue weighted by molar-refractivity contribution is 7.16.